The number of amides is 2. The van der Waals surface area contributed by atoms with Gasteiger partial charge in [0, 0.05) is 20.2 Å². The standard InChI is InChI=1S/C13H18N2O4/c1-19-8-7-14-13(18)15(10-12(16)17)9-11-5-3-2-4-6-11/h2-6H,7-10H2,1H3,(H,14,18)(H,16,17). The van der Waals surface area contributed by atoms with E-state index in [2.05, 4.69) is 5.32 Å². The second-order valence-electron chi connectivity index (χ2n) is 3.96. The molecule has 104 valence electrons. The van der Waals surface area contributed by atoms with Crippen molar-refractivity contribution >= 4 is 12.0 Å². The van der Waals surface area contributed by atoms with Crippen LogP contribution in [0.15, 0.2) is 30.3 Å². The molecule has 1 aromatic rings. The average Bonchev–Trinajstić information content (AvgIpc) is 2.39. The summed E-state index contributed by atoms with van der Waals surface area (Å²) in [5.74, 6) is -1.04. The molecule has 6 nitrogen and oxygen atoms in total. The van der Waals surface area contributed by atoms with Crippen LogP contribution >= 0.6 is 0 Å². The lowest BCUT2D eigenvalue weighted by Crippen LogP contribution is -2.43. The quantitative estimate of drug-likeness (QED) is 0.720. The van der Waals surface area contributed by atoms with Gasteiger partial charge in [0.2, 0.25) is 0 Å². The number of rotatable bonds is 7. The van der Waals surface area contributed by atoms with Gasteiger partial charge in [-0.2, -0.15) is 0 Å². The lowest BCUT2D eigenvalue weighted by molar-refractivity contribution is -0.137. The number of benzene rings is 1. The second-order valence-corrected chi connectivity index (χ2v) is 3.96. The predicted octanol–water partition coefficient (Wildman–Crippen LogP) is 0.929. The smallest absolute Gasteiger partial charge is 0.323 e. The van der Waals surface area contributed by atoms with Crippen LogP contribution in [-0.2, 0) is 16.1 Å². The molecule has 2 amide bonds. The van der Waals surface area contributed by atoms with Gasteiger partial charge in [-0.15, -0.1) is 0 Å². The van der Waals surface area contributed by atoms with Crippen molar-refractivity contribution < 1.29 is 19.4 Å². The van der Waals surface area contributed by atoms with Gasteiger partial charge in [0.25, 0.3) is 0 Å². The Balaban J connectivity index is 2.60. The molecular weight excluding hydrogens is 248 g/mol. The molecule has 0 aliphatic carbocycles. The van der Waals surface area contributed by atoms with E-state index in [-0.39, 0.29) is 13.1 Å². The summed E-state index contributed by atoms with van der Waals surface area (Å²) in [5, 5.41) is 11.4. The maximum Gasteiger partial charge on any atom is 0.323 e. The van der Waals surface area contributed by atoms with Crippen molar-refractivity contribution in [3.8, 4) is 0 Å². The molecule has 0 aromatic heterocycles. The number of aliphatic carboxylic acids is 1. The number of methoxy groups -OCH3 is 1. The van der Waals surface area contributed by atoms with Crippen LogP contribution in [-0.4, -0.2) is 48.8 Å². The van der Waals surface area contributed by atoms with Crippen molar-refractivity contribution in [3.63, 3.8) is 0 Å². The van der Waals surface area contributed by atoms with Gasteiger partial charge in [0.05, 0.1) is 6.61 Å². The number of hydrogen-bond donors (Lipinski definition) is 2. The zero-order valence-electron chi connectivity index (χ0n) is 10.8. The molecule has 0 aliphatic rings. The predicted molar refractivity (Wildman–Crippen MR) is 69.8 cm³/mol. The molecule has 0 unspecified atom stereocenters. The molecule has 6 heteroatoms. The highest BCUT2D eigenvalue weighted by Crippen LogP contribution is 2.04. The first-order valence-electron chi connectivity index (χ1n) is 5.91. The van der Waals surface area contributed by atoms with Gasteiger partial charge in [-0.25, -0.2) is 4.79 Å². The first-order valence-corrected chi connectivity index (χ1v) is 5.91. The Bertz CT molecular complexity index is 408. The van der Waals surface area contributed by atoms with Gasteiger partial charge < -0.3 is 20.1 Å². The number of carboxylic acids is 1. The van der Waals surface area contributed by atoms with E-state index in [1.54, 1.807) is 0 Å². The van der Waals surface area contributed by atoms with E-state index in [0.717, 1.165) is 5.56 Å². The molecule has 0 saturated heterocycles. The van der Waals surface area contributed by atoms with Crippen molar-refractivity contribution in [2.75, 3.05) is 26.8 Å². The van der Waals surface area contributed by atoms with Crippen molar-refractivity contribution in [3.05, 3.63) is 35.9 Å². The SMILES string of the molecule is COCCNC(=O)N(CC(=O)O)Cc1ccccc1. The molecule has 0 fully saturated rings. The van der Waals surface area contributed by atoms with Crippen LogP contribution in [0.25, 0.3) is 0 Å². The third-order valence-corrected chi connectivity index (χ3v) is 2.41. The van der Waals surface area contributed by atoms with E-state index in [1.807, 2.05) is 30.3 Å². The molecule has 0 aliphatic heterocycles. The summed E-state index contributed by atoms with van der Waals surface area (Å²) >= 11 is 0. The van der Waals surface area contributed by atoms with Gasteiger partial charge in [0.15, 0.2) is 0 Å². The molecule has 19 heavy (non-hydrogen) atoms. The van der Waals surface area contributed by atoms with E-state index in [4.69, 9.17) is 9.84 Å². The zero-order chi connectivity index (χ0) is 14.1. The minimum Gasteiger partial charge on any atom is -0.480 e. The summed E-state index contributed by atoms with van der Waals surface area (Å²) in [7, 11) is 1.53. The van der Waals surface area contributed by atoms with E-state index in [9.17, 15) is 9.59 Å². The van der Waals surface area contributed by atoms with Crippen LogP contribution < -0.4 is 5.32 Å². The van der Waals surface area contributed by atoms with Crippen molar-refractivity contribution in [1.29, 1.82) is 0 Å². The lowest BCUT2D eigenvalue weighted by atomic mass is 10.2. The van der Waals surface area contributed by atoms with Gasteiger partial charge in [0.1, 0.15) is 6.54 Å². The second kappa shape index (κ2) is 8.10. The minimum atomic E-state index is -1.04. The Morgan fingerprint density at radius 3 is 2.58 bits per heavy atom. The lowest BCUT2D eigenvalue weighted by Gasteiger charge is -2.21. The monoisotopic (exact) mass is 266 g/mol. The van der Waals surface area contributed by atoms with Crippen LogP contribution in [0.4, 0.5) is 4.79 Å². The maximum atomic E-state index is 11.9. The van der Waals surface area contributed by atoms with Crippen molar-refractivity contribution in [2.45, 2.75) is 6.54 Å². The summed E-state index contributed by atoms with van der Waals surface area (Å²) in [5.41, 5.74) is 0.880. The van der Waals surface area contributed by atoms with Crippen LogP contribution in [0, 0.1) is 0 Å². The van der Waals surface area contributed by atoms with Gasteiger partial charge in [-0.3, -0.25) is 4.79 Å². The van der Waals surface area contributed by atoms with Gasteiger partial charge >= 0.3 is 12.0 Å². The Morgan fingerprint density at radius 2 is 2.00 bits per heavy atom. The van der Waals surface area contributed by atoms with E-state index in [1.165, 1.54) is 12.0 Å². The van der Waals surface area contributed by atoms with Gasteiger partial charge in [-0.05, 0) is 5.56 Å². The van der Waals surface area contributed by atoms with Crippen LogP contribution in [0.2, 0.25) is 0 Å². The third kappa shape index (κ3) is 5.87. The molecule has 2 N–H and O–H groups in total. The number of nitrogens with one attached hydrogen (secondary N) is 1. The molecular formula is C13H18N2O4. The highest BCUT2D eigenvalue weighted by atomic mass is 16.5. The summed E-state index contributed by atoms with van der Waals surface area (Å²) in [6, 6.07) is 8.83. The zero-order valence-corrected chi connectivity index (χ0v) is 10.8. The van der Waals surface area contributed by atoms with Crippen LogP contribution in [0.5, 0.6) is 0 Å². The molecule has 0 radical (unpaired) electrons. The number of ether oxygens (including phenoxy) is 1. The average molecular weight is 266 g/mol. The fraction of sp³-hybridized carbons (Fsp3) is 0.385. The normalized spacial score (nSPS) is 9.95. The van der Waals surface area contributed by atoms with Crippen molar-refractivity contribution in [1.82, 2.24) is 10.2 Å². The number of hydrogen-bond acceptors (Lipinski definition) is 3. The molecule has 1 rings (SSSR count). The van der Waals surface area contributed by atoms with Gasteiger partial charge in [-0.1, -0.05) is 30.3 Å². The molecule has 0 atom stereocenters. The Morgan fingerprint density at radius 1 is 1.32 bits per heavy atom. The fourth-order valence-corrected chi connectivity index (χ4v) is 1.54. The number of carbonyl (C=O) groups excluding carboxylic acids is 1. The summed E-state index contributed by atoms with van der Waals surface area (Å²) < 4.78 is 4.82. The maximum absolute atomic E-state index is 11.9. The Kier molecular flexibility index (Phi) is 6.38. The molecule has 0 bridgehead atoms. The summed E-state index contributed by atoms with van der Waals surface area (Å²) in [6.45, 7) is 0.651. The van der Waals surface area contributed by atoms with E-state index in [0.29, 0.717) is 13.2 Å². The largest absolute Gasteiger partial charge is 0.480 e. The van der Waals surface area contributed by atoms with E-state index < -0.39 is 12.0 Å². The number of carboxylic acid groups (broad SMARTS) is 1. The highest BCUT2D eigenvalue weighted by molar-refractivity contribution is 5.80. The summed E-state index contributed by atoms with van der Waals surface area (Å²) in [6.07, 6.45) is 0. The third-order valence-electron chi connectivity index (χ3n) is 2.41. The molecule has 0 saturated carbocycles. The topological polar surface area (TPSA) is 78.9 Å². The molecule has 0 heterocycles. The Labute approximate surface area is 112 Å². The minimum absolute atomic E-state index is 0.256. The fourth-order valence-electron chi connectivity index (χ4n) is 1.54. The van der Waals surface area contributed by atoms with Crippen molar-refractivity contribution in [2.24, 2.45) is 0 Å². The number of nitrogens with zero attached hydrogens (tertiary/aromatic N) is 1. The first kappa shape index (κ1) is 15.0. The Hall–Kier alpha value is -2.08. The van der Waals surface area contributed by atoms with E-state index >= 15 is 0 Å². The summed E-state index contributed by atoms with van der Waals surface area (Å²) in [4.78, 5) is 23.9. The highest BCUT2D eigenvalue weighted by Gasteiger charge is 2.16. The van der Waals surface area contributed by atoms with Crippen LogP contribution in [0.3, 0.4) is 0 Å². The number of carbonyl (C=O) groups is 2. The van der Waals surface area contributed by atoms with Crippen LogP contribution in [0.1, 0.15) is 5.56 Å². The molecule has 1 aromatic carbocycles. The molecule has 0 spiro atoms. The number of urea groups is 1. The first-order chi connectivity index (χ1) is 9.13.